The van der Waals surface area contributed by atoms with E-state index in [2.05, 4.69) is 27.4 Å². The minimum absolute atomic E-state index is 0.225. The lowest BCUT2D eigenvalue weighted by Crippen LogP contribution is -2.22. The zero-order valence-corrected chi connectivity index (χ0v) is 11.1. The molecule has 0 N–H and O–H groups in total. The van der Waals surface area contributed by atoms with Gasteiger partial charge in [-0.2, -0.15) is 0 Å². The predicted molar refractivity (Wildman–Crippen MR) is 69.3 cm³/mol. The fourth-order valence-corrected chi connectivity index (χ4v) is 2.37. The van der Waals surface area contributed by atoms with Crippen LogP contribution in [0.5, 0.6) is 0 Å². The fourth-order valence-electron chi connectivity index (χ4n) is 2.37. The van der Waals surface area contributed by atoms with Crippen molar-refractivity contribution in [3.05, 3.63) is 23.3 Å². The Balaban J connectivity index is 2.91. The van der Waals surface area contributed by atoms with Crippen molar-refractivity contribution >= 4 is 5.78 Å². The van der Waals surface area contributed by atoms with Gasteiger partial charge < -0.3 is 0 Å². The highest BCUT2D eigenvalue weighted by Crippen LogP contribution is 2.33. The van der Waals surface area contributed by atoms with E-state index in [4.69, 9.17) is 0 Å². The zero-order chi connectivity index (χ0) is 12.3. The topological polar surface area (TPSA) is 17.1 Å². The summed E-state index contributed by atoms with van der Waals surface area (Å²) in [6.07, 6.45) is 3.98. The van der Waals surface area contributed by atoms with Crippen LogP contribution in [0.1, 0.15) is 53.4 Å². The van der Waals surface area contributed by atoms with Gasteiger partial charge in [-0.25, -0.2) is 0 Å². The molecular formula is C15H24O. The van der Waals surface area contributed by atoms with E-state index in [1.165, 1.54) is 11.1 Å². The lowest BCUT2D eigenvalue weighted by atomic mass is 9.78. The predicted octanol–water partition coefficient (Wildman–Crippen LogP) is 4.29. The molecule has 0 aromatic heterocycles. The summed E-state index contributed by atoms with van der Waals surface area (Å²) in [6.45, 7) is 12.4. The number of carbonyl (C=O) groups excluding carboxylic acids is 1. The molecule has 0 fully saturated rings. The van der Waals surface area contributed by atoms with Crippen LogP contribution in [0.25, 0.3) is 0 Å². The van der Waals surface area contributed by atoms with Crippen LogP contribution >= 0.6 is 0 Å². The molecule has 1 aliphatic carbocycles. The maximum absolute atomic E-state index is 12.2. The summed E-state index contributed by atoms with van der Waals surface area (Å²) < 4.78 is 0. The highest BCUT2D eigenvalue weighted by molar-refractivity contribution is 5.98. The summed E-state index contributed by atoms with van der Waals surface area (Å²) in [4.78, 5) is 12.2. The Morgan fingerprint density at radius 3 is 2.62 bits per heavy atom. The minimum atomic E-state index is 0.225. The molecule has 0 bridgehead atoms. The summed E-state index contributed by atoms with van der Waals surface area (Å²) in [5.41, 5.74) is 3.67. The van der Waals surface area contributed by atoms with Crippen molar-refractivity contribution in [1.29, 1.82) is 0 Å². The quantitative estimate of drug-likeness (QED) is 0.646. The van der Waals surface area contributed by atoms with Crippen LogP contribution < -0.4 is 0 Å². The smallest absolute Gasteiger partial charge is 0.161 e. The lowest BCUT2D eigenvalue weighted by molar-refractivity contribution is -0.119. The van der Waals surface area contributed by atoms with Gasteiger partial charge >= 0.3 is 0 Å². The van der Waals surface area contributed by atoms with Crippen molar-refractivity contribution in [3.63, 3.8) is 0 Å². The van der Waals surface area contributed by atoms with Crippen LogP contribution in [0.3, 0.4) is 0 Å². The zero-order valence-electron chi connectivity index (χ0n) is 11.1. The molecule has 0 heterocycles. The molecule has 0 saturated carbocycles. The summed E-state index contributed by atoms with van der Waals surface area (Å²) in [6, 6.07) is 0. The van der Waals surface area contributed by atoms with E-state index in [0.717, 1.165) is 31.3 Å². The Labute approximate surface area is 99.6 Å². The first-order valence-electron chi connectivity index (χ1n) is 6.34. The normalized spacial score (nSPS) is 21.8. The molecule has 1 heteroatoms. The largest absolute Gasteiger partial charge is 0.294 e. The van der Waals surface area contributed by atoms with E-state index < -0.39 is 0 Å². The molecule has 0 aliphatic heterocycles. The summed E-state index contributed by atoms with van der Waals surface area (Å²) in [7, 11) is 0. The van der Waals surface area contributed by atoms with E-state index in [0.29, 0.717) is 11.7 Å². The third-order valence-corrected chi connectivity index (χ3v) is 3.48. The minimum Gasteiger partial charge on any atom is -0.294 e. The summed E-state index contributed by atoms with van der Waals surface area (Å²) in [5.74, 6) is 1.12. The fraction of sp³-hybridized carbons (Fsp3) is 0.667. The number of hydrogen-bond donors (Lipinski definition) is 0. The van der Waals surface area contributed by atoms with Gasteiger partial charge in [-0.1, -0.05) is 31.9 Å². The second-order valence-electron chi connectivity index (χ2n) is 5.42. The van der Waals surface area contributed by atoms with Gasteiger partial charge in [-0.05, 0) is 44.1 Å². The van der Waals surface area contributed by atoms with Gasteiger partial charge in [0.15, 0.2) is 5.78 Å². The first-order valence-corrected chi connectivity index (χ1v) is 6.34. The van der Waals surface area contributed by atoms with Crippen molar-refractivity contribution in [2.45, 2.75) is 53.4 Å². The molecular weight excluding hydrogens is 196 g/mol. The molecule has 0 saturated heterocycles. The van der Waals surface area contributed by atoms with Crippen LogP contribution in [-0.4, -0.2) is 5.78 Å². The molecule has 1 aliphatic rings. The molecule has 0 unspecified atom stereocenters. The van der Waals surface area contributed by atoms with Gasteiger partial charge in [-0.15, -0.1) is 6.58 Å². The van der Waals surface area contributed by atoms with Crippen LogP contribution in [0.2, 0.25) is 0 Å². The second kappa shape index (κ2) is 5.47. The highest BCUT2D eigenvalue weighted by Gasteiger charge is 2.26. The van der Waals surface area contributed by atoms with Crippen LogP contribution in [0.4, 0.5) is 0 Å². The Morgan fingerprint density at radius 2 is 2.12 bits per heavy atom. The van der Waals surface area contributed by atoms with E-state index in [-0.39, 0.29) is 5.92 Å². The average Bonchev–Trinajstić information content (AvgIpc) is 2.19. The molecule has 0 aromatic carbocycles. The molecule has 0 radical (unpaired) electrons. The first-order chi connectivity index (χ1) is 7.43. The van der Waals surface area contributed by atoms with Crippen molar-refractivity contribution < 1.29 is 4.79 Å². The Bertz CT molecular complexity index is 320. The molecule has 0 amide bonds. The molecule has 1 atom stereocenters. The van der Waals surface area contributed by atoms with Gasteiger partial charge in [-0.3, -0.25) is 4.79 Å². The van der Waals surface area contributed by atoms with Gasteiger partial charge in [0.1, 0.15) is 0 Å². The van der Waals surface area contributed by atoms with Crippen LogP contribution in [-0.2, 0) is 4.79 Å². The molecule has 1 nitrogen and oxygen atoms in total. The molecule has 0 aromatic rings. The number of allylic oxidation sites excluding steroid dienone is 3. The average molecular weight is 220 g/mol. The van der Waals surface area contributed by atoms with E-state index >= 15 is 0 Å². The first kappa shape index (κ1) is 13.2. The van der Waals surface area contributed by atoms with Crippen LogP contribution in [0, 0.1) is 11.8 Å². The molecule has 1 rings (SSSR count). The van der Waals surface area contributed by atoms with Gasteiger partial charge in [0, 0.05) is 5.92 Å². The SMILES string of the molecule is C=C(C)CCC1=C(C(C)C)CC[C@H](C)C1=O. The lowest BCUT2D eigenvalue weighted by Gasteiger charge is -2.26. The van der Waals surface area contributed by atoms with Crippen molar-refractivity contribution in [2.75, 3.05) is 0 Å². The third-order valence-electron chi connectivity index (χ3n) is 3.48. The summed E-state index contributed by atoms with van der Waals surface area (Å²) >= 11 is 0. The van der Waals surface area contributed by atoms with E-state index in [9.17, 15) is 4.79 Å². The highest BCUT2D eigenvalue weighted by atomic mass is 16.1. The summed E-state index contributed by atoms with van der Waals surface area (Å²) in [5, 5.41) is 0. The monoisotopic (exact) mass is 220 g/mol. The van der Waals surface area contributed by atoms with Crippen molar-refractivity contribution in [2.24, 2.45) is 11.8 Å². The number of carbonyl (C=O) groups is 1. The van der Waals surface area contributed by atoms with Crippen molar-refractivity contribution in [1.82, 2.24) is 0 Å². The Morgan fingerprint density at radius 1 is 1.50 bits per heavy atom. The maximum atomic E-state index is 12.2. The third kappa shape index (κ3) is 3.07. The van der Waals surface area contributed by atoms with E-state index in [1.54, 1.807) is 0 Å². The number of rotatable bonds is 4. The van der Waals surface area contributed by atoms with Gasteiger partial charge in [0.25, 0.3) is 0 Å². The van der Waals surface area contributed by atoms with E-state index in [1.807, 2.05) is 6.92 Å². The standard InChI is InChI=1S/C15H24O/c1-10(2)6-8-14-13(11(3)4)9-7-12(5)15(14)16/h11-12H,1,6-9H2,2-5H3/t12-/m0/s1. The maximum Gasteiger partial charge on any atom is 0.161 e. The molecule has 0 spiro atoms. The second-order valence-corrected chi connectivity index (χ2v) is 5.42. The molecule has 90 valence electrons. The Hall–Kier alpha value is -0.850. The molecule has 16 heavy (non-hydrogen) atoms. The van der Waals surface area contributed by atoms with Crippen molar-refractivity contribution in [3.8, 4) is 0 Å². The number of hydrogen-bond acceptors (Lipinski definition) is 1. The van der Waals surface area contributed by atoms with Gasteiger partial charge in [0.2, 0.25) is 0 Å². The number of ketones is 1. The number of Topliss-reactive ketones (excluding diaryl/α,β-unsaturated/α-hetero) is 1. The Kier molecular flexibility index (Phi) is 4.52. The van der Waals surface area contributed by atoms with Crippen LogP contribution in [0.15, 0.2) is 23.3 Å². The van der Waals surface area contributed by atoms with Gasteiger partial charge in [0.05, 0.1) is 0 Å².